The van der Waals surface area contributed by atoms with Gasteiger partial charge in [-0.2, -0.15) is 0 Å². The molecule has 5 heteroatoms. The number of rotatable bonds is 0. The zero-order chi connectivity index (χ0) is 16.3. The van der Waals surface area contributed by atoms with Crippen LogP contribution in [0.5, 0.6) is 11.5 Å². The van der Waals surface area contributed by atoms with E-state index in [1.807, 2.05) is 45.9 Å². The van der Waals surface area contributed by atoms with Crippen molar-refractivity contribution in [2.75, 3.05) is 0 Å². The molecule has 0 amide bonds. The van der Waals surface area contributed by atoms with Crippen molar-refractivity contribution in [1.82, 2.24) is 0 Å². The molecule has 0 unspecified atom stereocenters. The van der Waals surface area contributed by atoms with Gasteiger partial charge in [0.15, 0.2) is 0 Å². The Bertz CT molecular complexity index is 546. The third-order valence-corrected chi connectivity index (χ3v) is 4.40. The summed E-state index contributed by atoms with van der Waals surface area (Å²) in [6, 6.07) is 5.72. The van der Waals surface area contributed by atoms with E-state index in [1.165, 1.54) is 16.7 Å². The predicted molar refractivity (Wildman–Crippen MR) is 89.4 cm³/mol. The first-order valence-electron chi connectivity index (χ1n) is 7.19. The fourth-order valence-electron chi connectivity index (χ4n) is 2.29. The minimum absolute atomic E-state index is 0. The topological polar surface area (TPSA) is 40.5 Å². The summed E-state index contributed by atoms with van der Waals surface area (Å²) >= 11 is 0. The Hall–Kier alpha value is -0.666. The van der Waals surface area contributed by atoms with Crippen molar-refractivity contribution in [1.29, 1.82) is 0 Å². The van der Waals surface area contributed by atoms with Crippen molar-refractivity contribution in [3.05, 3.63) is 57.1 Å². The summed E-state index contributed by atoms with van der Waals surface area (Å²) in [5, 5.41) is 18.9. The van der Waals surface area contributed by atoms with E-state index in [4.69, 9.17) is 0 Å². The van der Waals surface area contributed by atoms with Crippen LogP contribution in [-0.2, 0) is 21.7 Å². The van der Waals surface area contributed by atoms with Gasteiger partial charge in [0, 0.05) is 0 Å². The Kier molecular flexibility index (Phi) is 13.9. The number of benzene rings is 2. The van der Waals surface area contributed by atoms with Crippen molar-refractivity contribution in [2.45, 2.75) is 48.5 Å². The zero-order valence-electron chi connectivity index (χ0n) is 15.4. The van der Waals surface area contributed by atoms with Gasteiger partial charge in [0.25, 0.3) is 0 Å². The Morgan fingerprint density at radius 3 is 1.12 bits per heavy atom. The zero-order valence-corrected chi connectivity index (χ0v) is 18.5. The second kappa shape index (κ2) is 11.8. The third kappa shape index (κ3) is 6.33. The van der Waals surface area contributed by atoms with Crippen molar-refractivity contribution in [3.8, 4) is 11.5 Å². The van der Waals surface area contributed by atoms with Crippen LogP contribution in [0.25, 0.3) is 0 Å². The molecule has 0 fully saturated rings. The maximum Gasteiger partial charge on any atom is 2.00 e. The van der Waals surface area contributed by atoms with Crippen molar-refractivity contribution < 1.29 is 56.7 Å². The molecule has 0 aliphatic carbocycles. The molecule has 0 saturated heterocycles. The van der Waals surface area contributed by atoms with Gasteiger partial charge in [-0.05, 0) is 87.4 Å². The summed E-state index contributed by atoms with van der Waals surface area (Å²) in [6.07, 6.45) is 0. The fourth-order valence-corrected chi connectivity index (χ4v) is 2.29. The van der Waals surface area contributed by atoms with Gasteiger partial charge in [0.2, 0.25) is 0 Å². The number of hydrogen-bond acceptors (Lipinski definition) is 2. The molecule has 0 aliphatic rings. The Morgan fingerprint density at radius 2 is 0.833 bits per heavy atom. The largest absolute Gasteiger partial charge is 2.00 e. The van der Waals surface area contributed by atoms with Gasteiger partial charge in [-0.25, -0.2) is 0 Å². The van der Waals surface area contributed by atoms with Crippen LogP contribution < -0.4 is 24.8 Å². The molecule has 0 heterocycles. The minimum Gasteiger partial charge on any atom is -1.00 e. The molecule has 2 aromatic carbocycles. The Labute approximate surface area is 173 Å². The normalized spacial score (nSPS) is 8.79. The molecule has 0 spiro atoms. The number of aryl methyl sites for hydroxylation is 2. The van der Waals surface area contributed by atoms with Gasteiger partial charge >= 0.3 is 21.7 Å². The van der Waals surface area contributed by atoms with E-state index in [0.29, 0.717) is 11.5 Å². The average molecular weight is 405 g/mol. The van der Waals surface area contributed by atoms with Gasteiger partial charge < -0.3 is 35.0 Å². The van der Waals surface area contributed by atoms with Crippen LogP contribution in [-0.4, -0.2) is 10.2 Å². The van der Waals surface area contributed by atoms with Crippen molar-refractivity contribution >= 4 is 0 Å². The van der Waals surface area contributed by atoms with Crippen LogP contribution in [0.4, 0.5) is 0 Å². The van der Waals surface area contributed by atoms with E-state index in [-0.39, 0.29) is 46.5 Å². The smallest absolute Gasteiger partial charge is 1.00 e. The molecule has 0 saturated carbocycles. The molecule has 0 aliphatic heterocycles. The summed E-state index contributed by atoms with van der Waals surface area (Å²) in [6.45, 7) is 13.9. The number of halogens is 2. The molecule has 2 nitrogen and oxygen atoms in total. The van der Waals surface area contributed by atoms with Crippen molar-refractivity contribution in [2.24, 2.45) is 0 Å². The molecular weight excluding hydrogens is 379 g/mol. The standard InChI is InChI=1S/C11H16O.C8H10O.2ClH.Ti/c1-6-7(2)9(4)11(12)10(5)8(6)3;1-6-4-3-5-7(2)8(6)9;;;/h12H,1-5H3;3-5,9H,1-2H3;2*1H;/q;;;;+2/p-2. The molecule has 24 heavy (non-hydrogen) atoms. The number of phenolic OH excluding ortho intramolecular Hbond substituents is 2. The molecule has 0 bridgehead atoms. The van der Waals surface area contributed by atoms with Crippen LogP contribution in [0.3, 0.4) is 0 Å². The summed E-state index contributed by atoms with van der Waals surface area (Å²) in [7, 11) is 0. The predicted octanol–water partition coefficient (Wildman–Crippen LogP) is -1.05. The summed E-state index contributed by atoms with van der Waals surface area (Å²) < 4.78 is 0. The molecule has 2 aromatic rings. The molecule has 0 radical (unpaired) electrons. The van der Waals surface area contributed by atoms with Crippen molar-refractivity contribution in [3.63, 3.8) is 0 Å². The SMILES string of the molecule is Cc1c(C)c(C)c(O)c(C)c1C.Cc1cccc(C)c1O.[Cl-].[Cl-].[Ti+2]. The van der Waals surface area contributed by atoms with E-state index >= 15 is 0 Å². The summed E-state index contributed by atoms with van der Waals surface area (Å²) in [5.41, 5.74) is 7.60. The van der Waals surface area contributed by atoms with Gasteiger partial charge in [-0.15, -0.1) is 0 Å². The summed E-state index contributed by atoms with van der Waals surface area (Å²) in [4.78, 5) is 0. The van der Waals surface area contributed by atoms with Crippen LogP contribution in [0, 0.1) is 48.5 Å². The summed E-state index contributed by atoms with van der Waals surface area (Å²) in [5.74, 6) is 0.869. The van der Waals surface area contributed by atoms with Gasteiger partial charge in [-0.1, -0.05) is 18.2 Å². The third-order valence-electron chi connectivity index (χ3n) is 4.40. The maximum absolute atomic E-state index is 9.69. The monoisotopic (exact) mass is 404 g/mol. The number of hydrogen-bond donors (Lipinski definition) is 2. The molecule has 2 rings (SSSR count). The maximum atomic E-state index is 9.69. The van der Waals surface area contributed by atoms with E-state index in [1.54, 1.807) is 0 Å². The molecule has 0 aromatic heterocycles. The van der Waals surface area contributed by atoms with E-state index < -0.39 is 0 Å². The minimum atomic E-state index is 0. The molecule has 2 N–H and O–H groups in total. The number of phenols is 2. The molecule has 132 valence electrons. The second-order valence-electron chi connectivity index (χ2n) is 5.71. The fraction of sp³-hybridized carbons (Fsp3) is 0.368. The Morgan fingerprint density at radius 1 is 0.542 bits per heavy atom. The quantitative estimate of drug-likeness (QED) is 0.550. The van der Waals surface area contributed by atoms with E-state index in [0.717, 1.165) is 22.3 Å². The number of aromatic hydroxyl groups is 2. The van der Waals surface area contributed by atoms with E-state index in [9.17, 15) is 10.2 Å². The average Bonchev–Trinajstić information content (AvgIpc) is 2.47. The van der Waals surface area contributed by atoms with Crippen LogP contribution in [0.15, 0.2) is 18.2 Å². The van der Waals surface area contributed by atoms with Gasteiger partial charge in [0.1, 0.15) is 11.5 Å². The first kappa shape index (κ1) is 28.2. The van der Waals surface area contributed by atoms with Gasteiger partial charge in [0.05, 0.1) is 0 Å². The number of para-hydroxylation sites is 1. The van der Waals surface area contributed by atoms with E-state index in [2.05, 4.69) is 20.8 Å². The van der Waals surface area contributed by atoms with Crippen LogP contribution in [0.1, 0.15) is 38.9 Å². The van der Waals surface area contributed by atoms with Crippen LogP contribution in [0.2, 0.25) is 0 Å². The van der Waals surface area contributed by atoms with Gasteiger partial charge in [-0.3, -0.25) is 0 Å². The first-order valence-corrected chi connectivity index (χ1v) is 7.19. The second-order valence-corrected chi connectivity index (χ2v) is 5.71. The van der Waals surface area contributed by atoms with Crippen LogP contribution >= 0.6 is 0 Å². The molecular formula is C19H26Cl2O2Ti. The Balaban J connectivity index is -0.000000336. The molecule has 0 atom stereocenters. The first-order chi connectivity index (χ1) is 9.68.